The largest absolute Gasteiger partial charge is 0.482 e. The van der Waals surface area contributed by atoms with Crippen molar-refractivity contribution in [2.24, 2.45) is 0 Å². The van der Waals surface area contributed by atoms with Gasteiger partial charge in [0.1, 0.15) is 5.75 Å². The normalized spacial score (nSPS) is 13.0. The van der Waals surface area contributed by atoms with Gasteiger partial charge in [-0.25, -0.2) is 9.59 Å². The molecule has 0 saturated carbocycles. The zero-order valence-electron chi connectivity index (χ0n) is 19.1. The lowest BCUT2D eigenvalue weighted by Gasteiger charge is -2.30. The fourth-order valence-electron chi connectivity index (χ4n) is 3.22. The van der Waals surface area contributed by atoms with Crippen LogP contribution in [0.5, 0.6) is 5.75 Å². The van der Waals surface area contributed by atoms with Crippen molar-refractivity contribution in [1.82, 2.24) is 4.90 Å². The van der Waals surface area contributed by atoms with Crippen LogP contribution in [0.15, 0.2) is 60.7 Å². The maximum Gasteiger partial charge on any atom is 0.343 e. The maximum absolute atomic E-state index is 11.4. The molecular weight excluding hydrogens is 446 g/mol. The SMILES string of the molecule is COC(=O)/C=C/CN(CC(O)c1cccc(Cl)c1)C(C)Cc1ccc(OCC(=O)OC)cc1. The molecule has 178 valence electrons. The summed E-state index contributed by atoms with van der Waals surface area (Å²) in [6.45, 7) is 2.72. The first-order valence-electron chi connectivity index (χ1n) is 10.5. The average molecular weight is 476 g/mol. The minimum Gasteiger partial charge on any atom is -0.482 e. The van der Waals surface area contributed by atoms with Gasteiger partial charge < -0.3 is 19.3 Å². The van der Waals surface area contributed by atoms with E-state index in [2.05, 4.69) is 21.3 Å². The van der Waals surface area contributed by atoms with Crippen LogP contribution in [0.3, 0.4) is 0 Å². The summed E-state index contributed by atoms with van der Waals surface area (Å²) in [7, 11) is 2.64. The molecule has 0 spiro atoms. The number of halogens is 1. The molecule has 2 unspecified atom stereocenters. The molecule has 7 nitrogen and oxygen atoms in total. The van der Waals surface area contributed by atoms with Crippen molar-refractivity contribution in [3.8, 4) is 5.75 Å². The molecule has 0 fully saturated rings. The summed E-state index contributed by atoms with van der Waals surface area (Å²) < 4.78 is 14.6. The number of aliphatic hydroxyl groups is 1. The molecule has 2 aromatic carbocycles. The third kappa shape index (κ3) is 9.26. The number of ether oxygens (including phenoxy) is 3. The van der Waals surface area contributed by atoms with Gasteiger partial charge >= 0.3 is 11.9 Å². The van der Waals surface area contributed by atoms with Crippen LogP contribution >= 0.6 is 11.6 Å². The second-order valence-electron chi connectivity index (χ2n) is 7.51. The standard InChI is InChI=1S/C25H30ClNO6/c1-18(14-19-9-11-22(12-10-19)33-17-25(30)32-3)27(13-5-8-24(29)31-2)16-23(28)20-6-4-7-21(26)15-20/h4-12,15,18,23,28H,13-14,16-17H2,1-3H3/b8-5+. The number of methoxy groups -OCH3 is 2. The second kappa shape index (κ2) is 13.6. The van der Waals surface area contributed by atoms with Crippen LogP contribution in [0.25, 0.3) is 0 Å². The minimum atomic E-state index is -0.744. The molecule has 0 aliphatic heterocycles. The monoisotopic (exact) mass is 475 g/mol. The zero-order chi connectivity index (χ0) is 24.2. The Morgan fingerprint density at radius 3 is 2.48 bits per heavy atom. The molecule has 0 aliphatic rings. The molecule has 0 bridgehead atoms. The second-order valence-corrected chi connectivity index (χ2v) is 7.95. The summed E-state index contributed by atoms with van der Waals surface area (Å²) in [6, 6.07) is 14.6. The van der Waals surface area contributed by atoms with E-state index in [1.807, 2.05) is 18.2 Å². The molecule has 1 N–H and O–H groups in total. The lowest BCUT2D eigenvalue weighted by molar-refractivity contribution is -0.143. The molecule has 33 heavy (non-hydrogen) atoms. The Hall–Kier alpha value is -2.87. The summed E-state index contributed by atoms with van der Waals surface area (Å²) in [5.74, 6) is -0.298. The molecule has 2 atom stereocenters. The van der Waals surface area contributed by atoms with E-state index in [9.17, 15) is 14.7 Å². The molecular formula is C25H30ClNO6. The van der Waals surface area contributed by atoms with Gasteiger partial charge in [0.15, 0.2) is 6.61 Å². The fourth-order valence-corrected chi connectivity index (χ4v) is 3.42. The van der Waals surface area contributed by atoms with Crippen LogP contribution < -0.4 is 4.74 Å². The van der Waals surface area contributed by atoms with Crippen molar-refractivity contribution in [3.05, 3.63) is 76.8 Å². The molecule has 0 amide bonds. The van der Waals surface area contributed by atoms with E-state index in [1.165, 1.54) is 20.3 Å². The molecule has 0 aromatic heterocycles. The average Bonchev–Trinajstić information content (AvgIpc) is 2.82. The van der Waals surface area contributed by atoms with Gasteiger partial charge in [-0.05, 0) is 48.7 Å². The van der Waals surface area contributed by atoms with Crippen LogP contribution in [0.1, 0.15) is 24.2 Å². The van der Waals surface area contributed by atoms with Gasteiger partial charge in [0.05, 0.1) is 20.3 Å². The van der Waals surface area contributed by atoms with Crippen molar-refractivity contribution in [1.29, 1.82) is 0 Å². The van der Waals surface area contributed by atoms with E-state index in [0.29, 0.717) is 30.3 Å². The number of aliphatic hydroxyl groups excluding tert-OH is 1. The van der Waals surface area contributed by atoms with Gasteiger partial charge in [-0.2, -0.15) is 0 Å². The summed E-state index contributed by atoms with van der Waals surface area (Å²) in [5.41, 5.74) is 1.79. The minimum absolute atomic E-state index is 0.0444. The summed E-state index contributed by atoms with van der Waals surface area (Å²) in [5, 5.41) is 11.3. The number of carbonyl (C=O) groups is 2. The highest BCUT2D eigenvalue weighted by molar-refractivity contribution is 6.30. The Bertz CT molecular complexity index is 931. The first kappa shape index (κ1) is 26.4. The predicted octanol–water partition coefficient (Wildman–Crippen LogP) is 3.59. The predicted molar refractivity (Wildman–Crippen MR) is 126 cm³/mol. The quantitative estimate of drug-likeness (QED) is 0.371. The lowest BCUT2D eigenvalue weighted by atomic mass is 10.0. The summed E-state index contributed by atoms with van der Waals surface area (Å²) in [4.78, 5) is 24.7. The molecule has 2 aromatic rings. The Labute approximate surface area is 199 Å². The Morgan fingerprint density at radius 1 is 1.12 bits per heavy atom. The highest BCUT2D eigenvalue weighted by Crippen LogP contribution is 2.21. The number of hydrogen-bond donors (Lipinski definition) is 1. The topological polar surface area (TPSA) is 85.3 Å². The Kier molecular flexibility index (Phi) is 10.9. The van der Waals surface area contributed by atoms with Crippen molar-refractivity contribution in [3.63, 3.8) is 0 Å². The number of esters is 2. The van der Waals surface area contributed by atoms with Gasteiger partial charge in [-0.3, -0.25) is 4.90 Å². The van der Waals surface area contributed by atoms with E-state index in [1.54, 1.807) is 36.4 Å². The number of hydrogen-bond acceptors (Lipinski definition) is 7. The third-order valence-electron chi connectivity index (χ3n) is 5.10. The van der Waals surface area contributed by atoms with Crippen molar-refractivity contribution in [2.75, 3.05) is 33.9 Å². The molecule has 2 rings (SSSR count). The number of carbonyl (C=O) groups excluding carboxylic acids is 2. The van der Waals surface area contributed by atoms with Crippen LogP contribution in [0.4, 0.5) is 0 Å². The number of nitrogens with zero attached hydrogens (tertiary/aromatic N) is 1. The number of rotatable bonds is 12. The molecule has 0 aliphatic carbocycles. The van der Waals surface area contributed by atoms with Gasteiger partial charge in [0.25, 0.3) is 0 Å². The first-order valence-corrected chi connectivity index (χ1v) is 10.9. The molecule has 0 saturated heterocycles. The van der Waals surface area contributed by atoms with Crippen LogP contribution in [-0.4, -0.2) is 61.9 Å². The fraction of sp³-hybridized carbons (Fsp3) is 0.360. The van der Waals surface area contributed by atoms with E-state index in [-0.39, 0.29) is 12.6 Å². The van der Waals surface area contributed by atoms with E-state index in [4.69, 9.17) is 16.3 Å². The van der Waals surface area contributed by atoms with Crippen LogP contribution in [-0.2, 0) is 25.5 Å². The third-order valence-corrected chi connectivity index (χ3v) is 5.33. The van der Waals surface area contributed by atoms with Gasteiger partial charge in [0, 0.05) is 30.2 Å². The first-order chi connectivity index (χ1) is 15.8. The molecule has 0 radical (unpaired) electrons. The lowest BCUT2D eigenvalue weighted by Crippen LogP contribution is -2.38. The van der Waals surface area contributed by atoms with E-state index >= 15 is 0 Å². The van der Waals surface area contributed by atoms with E-state index in [0.717, 1.165) is 11.1 Å². The van der Waals surface area contributed by atoms with Gasteiger partial charge in [-0.1, -0.05) is 41.9 Å². The van der Waals surface area contributed by atoms with Crippen molar-refractivity contribution in [2.45, 2.75) is 25.5 Å². The van der Waals surface area contributed by atoms with Crippen molar-refractivity contribution < 1.29 is 28.9 Å². The Balaban J connectivity index is 2.06. The van der Waals surface area contributed by atoms with Crippen LogP contribution in [0.2, 0.25) is 5.02 Å². The number of benzene rings is 2. The Morgan fingerprint density at radius 2 is 1.85 bits per heavy atom. The van der Waals surface area contributed by atoms with Gasteiger partial charge in [0.2, 0.25) is 0 Å². The van der Waals surface area contributed by atoms with Crippen LogP contribution in [0, 0.1) is 0 Å². The maximum atomic E-state index is 11.4. The molecule has 8 heteroatoms. The highest BCUT2D eigenvalue weighted by Gasteiger charge is 2.19. The molecule has 0 heterocycles. The smallest absolute Gasteiger partial charge is 0.343 e. The highest BCUT2D eigenvalue weighted by atomic mass is 35.5. The summed E-state index contributed by atoms with van der Waals surface area (Å²) in [6.07, 6.45) is 3.05. The summed E-state index contributed by atoms with van der Waals surface area (Å²) >= 11 is 6.07. The zero-order valence-corrected chi connectivity index (χ0v) is 19.8. The van der Waals surface area contributed by atoms with E-state index < -0.39 is 18.0 Å². The van der Waals surface area contributed by atoms with Gasteiger partial charge in [-0.15, -0.1) is 0 Å². The van der Waals surface area contributed by atoms with Crippen molar-refractivity contribution >= 4 is 23.5 Å².